The van der Waals surface area contributed by atoms with Crippen molar-refractivity contribution in [3.63, 3.8) is 0 Å². The van der Waals surface area contributed by atoms with Crippen LogP contribution >= 0.6 is 0 Å². The largest absolute Gasteiger partial charge is 0.508 e. The van der Waals surface area contributed by atoms with Gasteiger partial charge in [-0.2, -0.15) is 0 Å². The number of phenolic OH excluding ortho intramolecular Hbond substituents is 1. The number of aromatic hydroxyl groups is 1. The fourth-order valence-corrected chi connectivity index (χ4v) is 1.60. The van der Waals surface area contributed by atoms with Gasteiger partial charge in [0.1, 0.15) is 5.75 Å². The van der Waals surface area contributed by atoms with Crippen molar-refractivity contribution in [2.75, 3.05) is 0 Å². The zero-order valence-electron chi connectivity index (χ0n) is 9.83. The van der Waals surface area contributed by atoms with Gasteiger partial charge >= 0.3 is 5.97 Å². The van der Waals surface area contributed by atoms with Crippen molar-refractivity contribution in [3.8, 4) is 5.75 Å². The summed E-state index contributed by atoms with van der Waals surface area (Å²) in [5, 5.41) is 30.2. The lowest BCUT2D eigenvalue weighted by Gasteiger charge is -2.21. The molecule has 1 aromatic carbocycles. The number of benzene rings is 1. The third-order valence-electron chi connectivity index (χ3n) is 2.45. The molecular weight excluding hydrogens is 238 g/mol. The van der Waals surface area contributed by atoms with Crippen LogP contribution in [0.2, 0.25) is 0 Å². The number of hydrogen-bond acceptors (Lipinski definition) is 4. The highest BCUT2D eigenvalue weighted by Gasteiger charge is 2.27. The Bertz CT molecular complexity index is 446. The molecule has 6 nitrogen and oxygen atoms in total. The Morgan fingerprint density at radius 1 is 1.33 bits per heavy atom. The smallest absolute Gasteiger partial charge is 0.334 e. The molecule has 0 aliphatic rings. The lowest BCUT2D eigenvalue weighted by Crippen LogP contribution is -2.47. The summed E-state index contributed by atoms with van der Waals surface area (Å²) in [6, 6.07) is 5.35. The molecule has 0 aromatic heterocycles. The lowest BCUT2D eigenvalue weighted by molar-refractivity contribution is -0.148. The average Bonchev–Trinajstić information content (AvgIpc) is 2.29. The number of phenols is 1. The minimum Gasteiger partial charge on any atom is -0.508 e. The Morgan fingerprint density at radius 2 is 1.94 bits per heavy atom. The molecule has 98 valence electrons. The molecule has 2 unspecified atom stereocenters. The third kappa shape index (κ3) is 3.74. The van der Waals surface area contributed by atoms with Gasteiger partial charge in [0, 0.05) is 6.92 Å². The molecule has 0 aliphatic carbocycles. The van der Waals surface area contributed by atoms with Crippen molar-refractivity contribution < 1.29 is 24.9 Å². The lowest BCUT2D eigenvalue weighted by atomic mass is 10.0. The van der Waals surface area contributed by atoms with E-state index in [2.05, 4.69) is 5.32 Å². The van der Waals surface area contributed by atoms with Gasteiger partial charge in [0.15, 0.2) is 6.10 Å². The minimum atomic E-state index is -1.73. The highest BCUT2D eigenvalue weighted by molar-refractivity contribution is 5.77. The Hall–Kier alpha value is -2.08. The Labute approximate surface area is 104 Å². The van der Waals surface area contributed by atoms with E-state index in [9.17, 15) is 19.8 Å². The van der Waals surface area contributed by atoms with Crippen LogP contribution in [0.4, 0.5) is 0 Å². The molecule has 1 rings (SSSR count). The normalized spacial score (nSPS) is 13.7. The van der Waals surface area contributed by atoms with Crippen molar-refractivity contribution in [1.82, 2.24) is 5.32 Å². The van der Waals surface area contributed by atoms with E-state index in [-0.39, 0.29) is 12.2 Å². The van der Waals surface area contributed by atoms with Gasteiger partial charge in [0.05, 0.1) is 6.04 Å². The van der Waals surface area contributed by atoms with Crippen molar-refractivity contribution in [2.45, 2.75) is 25.5 Å². The van der Waals surface area contributed by atoms with Crippen LogP contribution in [-0.2, 0) is 16.0 Å². The fourth-order valence-electron chi connectivity index (χ4n) is 1.60. The third-order valence-corrected chi connectivity index (χ3v) is 2.45. The number of carbonyl (C=O) groups is 2. The second-order valence-electron chi connectivity index (χ2n) is 3.92. The number of carboxylic acids is 1. The topological polar surface area (TPSA) is 107 Å². The van der Waals surface area contributed by atoms with Gasteiger partial charge in [-0.1, -0.05) is 18.2 Å². The summed E-state index contributed by atoms with van der Waals surface area (Å²) in [6.45, 7) is 1.23. The molecule has 0 radical (unpaired) electrons. The van der Waals surface area contributed by atoms with Gasteiger partial charge in [-0.15, -0.1) is 0 Å². The molecule has 0 bridgehead atoms. The average molecular weight is 253 g/mol. The molecule has 0 fully saturated rings. The van der Waals surface area contributed by atoms with Crippen LogP contribution in [0.25, 0.3) is 0 Å². The summed E-state index contributed by atoms with van der Waals surface area (Å²) in [6.07, 6.45) is -1.70. The van der Waals surface area contributed by atoms with E-state index >= 15 is 0 Å². The van der Waals surface area contributed by atoms with Crippen LogP contribution in [-0.4, -0.2) is 39.3 Å². The van der Waals surface area contributed by atoms with Gasteiger partial charge in [-0.05, 0) is 18.1 Å². The summed E-state index contributed by atoms with van der Waals surface area (Å²) in [5.74, 6) is -1.88. The first kappa shape index (κ1) is 14.0. The van der Waals surface area contributed by atoms with Gasteiger partial charge in [0.2, 0.25) is 5.91 Å². The second kappa shape index (κ2) is 6.02. The molecule has 0 saturated heterocycles. The van der Waals surface area contributed by atoms with Crippen molar-refractivity contribution in [3.05, 3.63) is 29.8 Å². The maximum atomic E-state index is 11.0. The fraction of sp³-hybridized carbons (Fsp3) is 0.333. The van der Waals surface area contributed by atoms with Crippen LogP contribution in [0.5, 0.6) is 5.75 Å². The maximum Gasteiger partial charge on any atom is 0.334 e. The van der Waals surface area contributed by atoms with E-state index in [4.69, 9.17) is 5.11 Å². The number of carbonyl (C=O) groups excluding carboxylic acids is 1. The van der Waals surface area contributed by atoms with Crippen molar-refractivity contribution >= 4 is 11.9 Å². The van der Waals surface area contributed by atoms with E-state index < -0.39 is 24.0 Å². The number of aliphatic carboxylic acids is 1. The molecule has 1 aromatic rings. The molecule has 1 amide bonds. The van der Waals surface area contributed by atoms with Gasteiger partial charge in [-0.25, -0.2) is 4.79 Å². The molecule has 0 spiro atoms. The molecule has 0 aliphatic heterocycles. The second-order valence-corrected chi connectivity index (χ2v) is 3.92. The SMILES string of the molecule is CC(=O)NC(Cc1ccccc1O)C(O)C(=O)O. The van der Waals surface area contributed by atoms with E-state index in [0.29, 0.717) is 5.56 Å². The first-order valence-corrected chi connectivity index (χ1v) is 5.36. The molecule has 6 heteroatoms. The van der Waals surface area contributed by atoms with Crippen LogP contribution in [0.15, 0.2) is 24.3 Å². The summed E-state index contributed by atoms with van der Waals surface area (Å²) in [4.78, 5) is 21.7. The maximum absolute atomic E-state index is 11.0. The minimum absolute atomic E-state index is 0.00885. The Kier molecular flexibility index (Phi) is 4.67. The zero-order chi connectivity index (χ0) is 13.7. The quantitative estimate of drug-likeness (QED) is 0.585. The van der Waals surface area contributed by atoms with Gasteiger partial charge in [-0.3, -0.25) is 4.79 Å². The summed E-state index contributed by atoms with van der Waals surface area (Å²) in [5.41, 5.74) is 0.455. The van der Waals surface area contributed by atoms with Crippen LogP contribution in [0.3, 0.4) is 0 Å². The molecular formula is C12H15NO5. The first-order valence-electron chi connectivity index (χ1n) is 5.36. The molecule has 0 saturated carbocycles. The number of carboxylic acid groups (broad SMARTS) is 1. The monoisotopic (exact) mass is 253 g/mol. The number of amides is 1. The van der Waals surface area contributed by atoms with Crippen molar-refractivity contribution in [2.24, 2.45) is 0 Å². The van der Waals surface area contributed by atoms with E-state index in [1.165, 1.54) is 13.0 Å². The summed E-state index contributed by atoms with van der Waals surface area (Å²) < 4.78 is 0. The summed E-state index contributed by atoms with van der Waals surface area (Å²) in [7, 11) is 0. The molecule has 18 heavy (non-hydrogen) atoms. The highest BCUT2D eigenvalue weighted by atomic mass is 16.4. The molecule has 0 heterocycles. The van der Waals surface area contributed by atoms with Crippen LogP contribution in [0.1, 0.15) is 12.5 Å². The van der Waals surface area contributed by atoms with E-state index in [0.717, 1.165) is 0 Å². The number of para-hydroxylation sites is 1. The number of hydrogen-bond donors (Lipinski definition) is 4. The van der Waals surface area contributed by atoms with Crippen LogP contribution in [0, 0.1) is 0 Å². The Morgan fingerprint density at radius 3 is 2.44 bits per heavy atom. The standard InChI is InChI=1S/C12H15NO5/c1-7(14)13-9(11(16)12(17)18)6-8-4-2-3-5-10(8)15/h2-5,9,11,15-16H,6H2,1H3,(H,13,14)(H,17,18). The van der Waals surface area contributed by atoms with Crippen LogP contribution < -0.4 is 5.32 Å². The predicted molar refractivity (Wildman–Crippen MR) is 63.1 cm³/mol. The number of nitrogens with one attached hydrogen (secondary N) is 1. The van der Waals surface area contributed by atoms with Gasteiger partial charge < -0.3 is 20.6 Å². The number of rotatable bonds is 5. The summed E-state index contributed by atoms with van der Waals surface area (Å²) >= 11 is 0. The Balaban J connectivity index is 2.88. The molecule has 2 atom stereocenters. The number of aliphatic hydroxyl groups is 1. The molecule has 4 N–H and O–H groups in total. The van der Waals surface area contributed by atoms with Gasteiger partial charge in [0.25, 0.3) is 0 Å². The highest BCUT2D eigenvalue weighted by Crippen LogP contribution is 2.18. The van der Waals surface area contributed by atoms with E-state index in [1.807, 2.05) is 0 Å². The zero-order valence-corrected chi connectivity index (χ0v) is 9.83. The van der Waals surface area contributed by atoms with E-state index in [1.54, 1.807) is 18.2 Å². The van der Waals surface area contributed by atoms with Crippen molar-refractivity contribution in [1.29, 1.82) is 0 Å². The number of aliphatic hydroxyl groups excluding tert-OH is 1. The predicted octanol–water partition coefficient (Wildman–Crippen LogP) is -0.115. The first-order chi connectivity index (χ1) is 8.41.